The van der Waals surface area contributed by atoms with Crippen molar-refractivity contribution in [1.29, 1.82) is 0 Å². The van der Waals surface area contributed by atoms with Gasteiger partial charge >= 0.3 is 0 Å². The second kappa shape index (κ2) is 4.67. The molecule has 0 aliphatic rings. The van der Waals surface area contributed by atoms with Gasteiger partial charge in [0, 0.05) is 25.0 Å². The van der Waals surface area contributed by atoms with Crippen molar-refractivity contribution >= 4 is 5.78 Å². The minimum absolute atomic E-state index is 0.0558. The molecule has 17 heavy (non-hydrogen) atoms. The quantitative estimate of drug-likeness (QED) is 0.795. The van der Waals surface area contributed by atoms with E-state index in [1.807, 2.05) is 6.92 Å². The lowest BCUT2D eigenvalue weighted by Crippen LogP contribution is -2.22. The number of hydrogen-bond acceptors (Lipinski definition) is 4. The smallest absolute Gasteiger partial charge is 0.277 e. The minimum Gasteiger partial charge on any atom is -0.396 e. The first-order valence-electron chi connectivity index (χ1n) is 5.75. The van der Waals surface area contributed by atoms with Gasteiger partial charge in [0.1, 0.15) is 5.82 Å². The van der Waals surface area contributed by atoms with Gasteiger partial charge in [0.15, 0.2) is 0 Å². The van der Waals surface area contributed by atoms with E-state index in [0.717, 1.165) is 18.7 Å². The number of hydrogen-bond donors (Lipinski definition) is 2. The molecule has 2 aromatic heterocycles. The third-order valence-electron chi connectivity index (χ3n) is 2.69. The van der Waals surface area contributed by atoms with Crippen molar-refractivity contribution in [2.24, 2.45) is 0 Å². The van der Waals surface area contributed by atoms with Crippen molar-refractivity contribution in [3.05, 3.63) is 27.4 Å². The molecule has 0 bridgehead atoms. The topological polar surface area (TPSA) is 83.3 Å². The first-order valence-corrected chi connectivity index (χ1v) is 5.75. The van der Waals surface area contributed by atoms with Crippen LogP contribution in [0.3, 0.4) is 0 Å². The van der Waals surface area contributed by atoms with Crippen molar-refractivity contribution in [1.82, 2.24) is 19.6 Å². The number of H-pyrrole nitrogens is 1. The van der Waals surface area contributed by atoms with E-state index < -0.39 is 0 Å². The molecule has 0 radical (unpaired) electrons. The summed E-state index contributed by atoms with van der Waals surface area (Å²) in [5.74, 6) is 1.16. The molecular weight excluding hydrogens is 220 g/mol. The lowest BCUT2D eigenvalue weighted by molar-refractivity contribution is 0.298. The molecule has 92 valence electrons. The number of aromatic nitrogens is 4. The van der Waals surface area contributed by atoms with E-state index in [1.165, 1.54) is 4.52 Å². The summed E-state index contributed by atoms with van der Waals surface area (Å²) in [5, 5.41) is 11.9. The number of rotatable bonds is 4. The maximum atomic E-state index is 12.1. The maximum Gasteiger partial charge on any atom is 0.277 e. The van der Waals surface area contributed by atoms with Crippen molar-refractivity contribution in [2.45, 2.75) is 33.1 Å². The van der Waals surface area contributed by atoms with Crippen LogP contribution in [0.1, 0.15) is 30.4 Å². The monoisotopic (exact) mass is 236 g/mol. The Hall–Kier alpha value is -1.69. The number of aliphatic hydroxyl groups excluding tert-OH is 1. The highest BCUT2D eigenvalue weighted by Gasteiger charge is 2.12. The molecule has 0 aliphatic carbocycles. The SMILES string of the molecule is CCCc1nc2nc(C)c(CCO)c(=O)n2[nH]1. The summed E-state index contributed by atoms with van der Waals surface area (Å²) < 4.78 is 1.35. The summed E-state index contributed by atoms with van der Waals surface area (Å²) in [5.41, 5.74) is 1.01. The van der Waals surface area contributed by atoms with Gasteiger partial charge in [0.25, 0.3) is 11.3 Å². The first-order chi connectivity index (χ1) is 8.17. The molecule has 2 rings (SSSR count). The Morgan fingerprint density at radius 3 is 2.76 bits per heavy atom. The molecule has 2 N–H and O–H groups in total. The molecule has 0 aromatic carbocycles. The Balaban J connectivity index is 2.61. The van der Waals surface area contributed by atoms with Crippen molar-refractivity contribution in [3.63, 3.8) is 0 Å². The van der Waals surface area contributed by atoms with Crippen LogP contribution in [0.2, 0.25) is 0 Å². The lowest BCUT2D eigenvalue weighted by Gasteiger charge is -2.01. The number of aromatic amines is 1. The van der Waals surface area contributed by atoms with Gasteiger partial charge in [-0.25, -0.2) is 4.98 Å². The highest BCUT2D eigenvalue weighted by molar-refractivity contribution is 5.32. The van der Waals surface area contributed by atoms with Crippen LogP contribution < -0.4 is 5.56 Å². The largest absolute Gasteiger partial charge is 0.396 e. The number of nitrogens with zero attached hydrogens (tertiary/aromatic N) is 3. The number of nitrogens with one attached hydrogen (secondary N) is 1. The third-order valence-corrected chi connectivity index (χ3v) is 2.69. The standard InChI is InChI=1S/C11H16N4O2/c1-3-4-9-13-11-12-7(2)8(5-6-16)10(17)15(11)14-9/h16H,3-6H2,1-2H3,(H,12,13,14). The van der Waals surface area contributed by atoms with E-state index in [9.17, 15) is 4.79 Å². The first kappa shape index (κ1) is 11.8. The van der Waals surface area contributed by atoms with E-state index in [1.54, 1.807) is 6.92 Å². The van der Waals surface area contributed by atoms with E-state index in [4.69, 9.17) is 5.11 Å². The zero-order chi connectivity index (χ0) is 12.4. The van der Waals surface area contributed by atoms with Gasteiger partial charge in [-0.05, 0) is 13.3 Å². The molecule has 0 aliphatic heterocycles. The lowest BCUT2D eigenvalue weighted by atomic mass is 10.2. The average Bonchev–Trinajstić information content (AvgIpc) is 2.67. The van der Waals surface area contributed by atoms with Gasteiger partial charge in [-0.15, -0.1) is 0 Å². The molecule has 0 spiro atoms. The summed E-state index contributed by atoms with van der Waals surface area (Å²) in [6.45, 7) is 3.76. The molecule has 0 unspecified atom stereocenters. The van der Waals surface area contributed by atoms with Crippen LogP contribution >= 0.6 is 0 Å². The van der Waals surface area contributed by atoms with Crippen LogP contribution in [0.15, 0.2) is 4.79 Å². The molecular formula is C11H16N4O2. The van der Waals surface area contributed by atoms with Crippen LogP contribution in [-0.2, 0) is 12.8 Å². The van der Waals surface area contributed by atoms with Crippen molar-refractivity contribution in [2.75, 3.05) is 6.61 Å². The second-order valence-corrected chi connectivity index (χ2v) is 4.01. The Morgan fingerprint density at radius 1 is 1.35 bits per heavy atom. The summed E-state index contributed by atoms with van der Waals surface area (Å²) in [6, 6.07) is 0. The van der Waals surface area contributed by atoms with Gasteiger partial charge in [-0.3, -0.25) is 9.89 Å². The molecule has 2 heterocycles. The summed E-state index contributed by atoms with van der Waals surface area (Å²) in [6.07, 6.45) is 2.07. The molecule has 2 aromatic rings. The normalized spacial score (nSPS) is 11.2. The molecule has 0 saturated carbocycles. The average molecular weight is 236 g/mol. The molecule has 6 heteroatoms. The number of aliphatic hydroxyl groups is 1. The van der Waals surface area contributed by atoms with E-state index in [0.29, 0.717) is 23.5 Å². The fourth-order valence-corrected chi connectivity index (χ4v) is 1.85. The van der Waals surface area contributed by atoms with Gasteiger partial charge in [0.2, 0.25) is 0 Å². The predicted molar refractivity (Wildman–Crippen MR) is 63.1 cm³/mol. The maximum absolute atomic E-state index is 12.1. The zero-order valence-corrected chi connectivity index (χ0v) is 10.0. The second-order valence-electron chi connectivity index (χ2n) is 4.01. The predicted octanol–water partition coefficient (Wildman–Crippen LogP) is 0.213. The molecule has 0 fully saturated rings. The van der Waals surface area contributed by atoms with Crippen LogP contribution in [0.4, 0.5) is 0 Å². The van der Waals surface area contributed by atoms with E-state index in [2.05, 4.69) is 15.1 Å². The Kier molecular flexibility index (Phi) is 3.23. The third kappa shape index (κ3) is 2.08. The van der Waals surface area contributed by atoms with Crippen molar-refractivity contribution in [3.8, 4) is 0 Å². The van der Waals surface area contributed by atoms with Crippen molar-refractivity contribution < 1.29 is 5.11 Å². The Morgan fingerprint density at radius 2 is 2.12 bits per heavy atom. The number of fused-ring (bicyclic) bond motifs is 1. The summed E-state index contributed by atoms with van der Waals surface area (Å²) >= 11 is 0. The number of aryl methyl sites for hydroxylation is 2. The fourth-order valence-electron chi connectivity index (χ4n) is 1.85. The van der Waals surface area contributed by atoms with Crippen LogP contribution in [0.25, 0.3) is 5.78 Å². The molecule has 0 saturated heterocycles. The molecule has 0 atom stereocenters. The van der Waals surface area contributed by atoms with Crippen LogP contribution in [0, 0.1) is 6.92 Å². The van der Waals surface area contributed by atoms with Gasteiger partial charge in [-0.1, -0.05) is 6.92 Å². The van der Waals surface area contributed by atoms with Crippen LogP contribution in [-0.4, -0.2) is 31.3 Å². The fraction of sp³-hybridized carbons (Fsp3) is 0.545. The molecule has 6 nitrogen and oxygen atoms in total. The highest BCUT2D eigenvalue weighted by atomic mass is 16.3. The Bertz CT molecular complexity index is 585. The Labute approximate surface area is 98.3 Å². The minimum atomic E-state index is -0.170. The van der Waals surface area contributed by atoms with E-state index >= 15 is 0 Å². The zero-order valence-electron chi connectivity index (χ0n) is 10.0. The highest BCUT2D eigenvalue weighted by Crippen LogP contribution is 2.04. The molecule has 0 amide bonds. The van der Waals surface area contributed by atoms with Gasteiger partial charge < -0.3 is 5.11 Å². The van der Waals surface area contributed by atoms with Gasteiger partial charge in [0.05, 0.1) is 5.69 Å². The summed E-state index contributed by atoms with van der Waals surface area (Å²) in [7, 11) is 0. The van der Waals surface area contributed by atoms with E-state index in [-0.39, 0.29) is 12.2 Å². The van der Waals surface area contributed by atoms with Crippen LogP contribution in [0.5, 0.6) is 0 Å². The summed E-state index contributed by atoms with van der Waals surface area (Å²) in [4.78, 5) is 20.6. The van der Waals surface area contributed by atoms with Gasteiger partial charge in [-0.2, -0.15) is 9.50 Å².